The van der Waals surface area contributed by atoms with Gasteiger partial charge in [-0.05, 0) is 80.6 Å². The van der Waals surface area contributed by atoms with Gasteiger partial charge in [-0.15, -0.1) is 0 Å². The number of para-hydroxylation sites is 1. The molecule has 0 radical (unpaired) electrons. The summed E-state index contributed by atoms with van der Waals surface area (Å²) in [5, 5.41) is 9.67. The maximum Gasteiger partial charge on any atom is 0.253 e. The van der Waals surface area contributed by atoms with Crippen molar-refractivity contribution in [3.63, 3.8) is 0 Å². The number of fused-ring (bicyclic) bond motifs is 1. The summed E-state index contributed by atoms with van der Waals surface area (Å²) in [5.74, 6) is 0.0886. The van der Waals surface area contributed by atoms with Crippen molar-refractivity contribution >= 4 is 33.6 Å². The molecule has 0 aliphatic carbocycles. The summed E-state index contributed by atoms with van der Waals surface area (Å²) >= 11 is 0. The van der Waals surface area contributed by atoms with Gasteiger partial charge in [0.1, 0.15) is 0 Å². The molecule has 188 valence electrons. The number of anilines is 2. The Morgan fingerprint density at radius 1 is 0.757 bits per heavy atom. The van der Waals surface area contributed by atoms with Gasteiger partial charge in [0.25, 0.3) is 5.91 Å². The van der Waals surface area contributed by atoms with Crippen LogP contribution in [0.1, 0.15) is 48.2 Å². The Bertz CT molecular complexity index is 1400. The SMILES string of the molecule is CCN(CC)C(=O)c1ccc(C(=C2CCNCC2)c2ccccc2Nc2cccc3ccccc23)cc1. The topological polar surface area (TPSA) is 44.4 Å². The minimum Gasteiger partial charge on any atom is -0.355 e. The number of carbonyl (C=O) groups is 1. The van der Waals surface area contributed by atoms with Crippen molar-refractivity contribution in [3.05, 3.63) is 113 Å². The van der Waals surface area contributed by atoms with E-state index in [1.807, 2.05) is 30.9 Å². The minimum atomic E-state index is 0.0886. The van der Waals surface area contributed by atoms with E-state index < -0.39 is 0 Å². The van der Waals surface area contributed by atoms with E-state index >= 15 is 0 Å². The van der Waals surface area contributed by atoms with Crippen LogP contribution < -0.4 is 10.6 Å². The Morgan fingerprint density at radius 2 is 1.38 bits per heavy atom. The van der Waals surface area contributed by atoms with E-state index in [0.717, 1.165) is 48.4 Å². The van der Waals surface area contributed by atoms with Gasteiger partial charge in [0, 0.05) is 41.0 Å². The van der Waals surface area contributed by atoms with E-state index in [-0.39, 0.29) is 5.91 Å². The fourth-order valence-corrected chi connectivity index (χ4v) is 5.29. The van der Waals surface area contributed by atoms with Crippen LogP contribution >= 0.6 is 0 Å². The highest BCUT2D eigenvalue weighted by Crippen LogP contribution is 2.37. The summed E-state index contributed by atoms with van der Waals surface area (Å²) in [6, 6.07) is 31.7. The molecule has 5 rings (SSSR count). The average Bonchev–Trinajstić information content (AvgIpc) is 2.96. The molecule has 4 heteroatoms. The van der Waals surface area contributed by atoms with Crippen molar-refractivity contribution in [1.29, 1.82) is 0 Å². The molecule has 4 aromatic rings. The van der Waals surface area contributed by atoms with Crippen molar-refractivity contribution < 1.29 is 4.79 Å². The van der Waals surface area contributed by atoms with Gasteiger partial charge in [-0.1, -0.05) is 72.3 Å². The van der Waals surface area contributed by atoms with Gasteiger partial charge in [-0.2, -0.15) is 0 Å². The molecule has 37 heavy (non-hydrogen) atoms. The van der Waals surface area contributed by atoms with Gasteiger partial charge in [-0.3, -0.25) is 4.79 Å². The standard InChI is InChI=1S/C33H35N3O/c1-3-36(4-2)33(37)27-18-16-25(17-19-27)32(26-20-22-34-23-21-26)29-13-7-8-14-31(29)35-30-15-9-11-24-10-5-6-12-28(24)30/h5-19,34-35H,3-4,20-23H2,1-2H3. The molecule has 0 atom stereocenters. The molecule has 1 saturated heterocycles. The fourth-order valence-electron chi connectivity index (χ4n) is 5.29. The highest BCUT2D eigenvalue weighted by molar-refractivity contribution is 5.98. The van der Waals surface area contributed by atoms with Crippen LogP contribution in [0.25, 0.3) is 16.3 Å². The molecule has 1 aliphatic heterocycles. The molecule has 4 aromatic carbocycles. The lowest BCUT2D eigenvalue weighted by atomic mass is 9.87. The van der Waals surface area contributed by atoms with Crippen molar-refractivity contribution in [2.45, 2.75) is 26.7 Å². The van der Waals surface area contributed by atoms with Crippen molar-refractivity contribution in [3.8, 4) is 0 Å². The van der Waals surface area contributed by atoms with Crippen molar-refractivity contribution in [2.24, 2.45) is 0 Å². The number of benzene rings is 4. The molecule has 2 N–H and O–H groups in total. The molecule has 1 heterocycles. The number of nitrogens with zero attached hydrogens (tertiary/aromatic N) is 1. The first-order valence-corrected chi connectivity index (χ1v) is 13.4. The molecule has 4 nitrogen and oxygen atoms in total. The fraction of sp³-hybridized carbons (Fsp3) is 0.242. The highest BCUT2D eigenvalue weighted by atomic mass is 16.2. The summed E-state index contributed by atoms with van der Waals surface area (Å²) in [6.07, 6.45) is 2.02. The van der Waals surface area contributed by atoms with Gasteiger partial charge >= 0.3 is 0 Å². The van der Waals surface area contributed by atoms with Gasteiger partial charge in [0.2, 0.25) is 0 Å². The second-order valence-electron chi connectivity index (χ2n) is 9.48. The summed E-state index contributed by atoms with van der Waals surface area (Å²) in [4.78, 5) is 14.8. The van der Waals surface area contributed by atoms with E-state index in [9.17, 15) is 4.79 Å². The van der Waals surface area contributed by atoms with E-state index in [1.54, 1.807) is 0 Å². The van der Waals surface area contributed by atoms with Crippen LogP contribution in [-0.4, -0.2) is 37.0 Å². The van der Waals surface area contributed by atoms with E-state index in [4.69, 9.17) is 0 Å². The van der Waals surface area contributed by atoms with Crippen LogP contribution in [0, 0.1) is 0 Å². The average molecular weight is 490 g/mol. The van der Waals surface area contributed by atoms with Gasteiger partial charge < -0.3 is 15.5 Å². The molecule has 0 aromatic heterocycles. The largest absolute Gasteiger partial charge is 0.355 e. The zero-order chi connectivity index (χ0) is 25.6. The summed E-state index contributed by atoms with van der Waals surface area (Å²) in [7, 11) is 0. The Kier molecular flexibility index (Phi) is 7.67. The maximum absolute atomic E-state index is 12.9. The number of hydrogen-bond donors (Lipinski definition) is 2. The third-order valence-corrected chi connectivity index (χ3v) is 7.29. The van der Waals surface area contributed by atoms with Crippen LogP contribution in [0.2, 0.25) is 0 Å². The molecular weight excluding hydrogens is 454 g/mol. The lowest BCUT2D eigenvalue weighted by Crippen LogP contribution is -2.30. The van der Waals surface area contributed by atoms with E-state index in [0.29, 0.717) is 13.1 Å². The normalized spacial score (nSPS) is 13.4. The summed E-state index contributed by atoms with van der Waals surface area (Å²) < 4.78 is 0. The van der Waals surface area contributed by atoms with Crippen molar-refractivity contribution in [2.75, 3.05) is 31.5 Å². The number of piperidine rings is 1. The minimum absolute atomic E-state index is 0.0886. The third kappa shape index (κ3) is 5.30. The molecule has 0 unspecified atom stereocenters. The first-order chi connectivity index (χ1) is 18.2. The second kappa shape index (κ2) is 11.4. The second-order valence-corrected chi connectivity index (χ2v) is 9.48. The van der Waals surface area contributed by atoms with E-state index in [2.05, 4.69) is 89.5 Å². The van der Waals surface area contributed by atoms with Crippen LogP contribution in [0.4, 0.5) is 11.4 Å². The Labute approximate surface area is 220 Å². The zero-order valence-electron chi connectivity index (χ0n) is 21.8. The smallest absolute Gasteiger partial charge is 0.253 e. The first kappa shape index (κ1) is 24.8. The zero-order valence-corrected chi connectivity index (χ0v) is 21.8. The Hall–Kier alpha value is -3.89. The molecule has 1 aliphatic rings. The molecule has 1 amide bonds. The maximum atomic E-state index is 12.9. The number of hydrogen-bond acceptors (Lipinski definition) is 3. The van der Waals surface area contributed by atoms with Crippen LogP contribution in [0.5, 0.6) is 0 Å². The van der Waals surface area contributed by atoms with Gasteiger partial charge in [0.15, 0.2) is 0 Å². The number of rotatable bonds is 7. The monoisotopic (exact) mass is 489 g/mol. The molecule has 0 saturated carbocycles. The van der Waals surface area contributed by atoms with Crippen LogP contribution in [0.3, 0.4) is 0 Å². The molecule has 0 bridgehead atoms. The Balaban J connectivity index is 1.57. The Morgan fingerprint density at radius 3 is 2.14 bits per heavy atom. The first-order valence-electron chi connectivity index (χ1n) is 13.4. The number of nitrogens with one attached hydrogen (secondary N) is 2. The number of carbonyl (C=O) groups excluding carboxylic acids is 1. The van der Waals surface area contributed by atoms with E-state index in [1.165, 1.54) is 27.5 Å². The summed E-state index contributed by atoms with van der Waals surface area (Å²) in [6.45, 7) is 7.44. The molecular formula is C33H35N3O. The quantitative estimate of drug-likeness (QED) is 0.287. The molecule has 0 spiro atoms. The third-order valence-electron chi connectivity index (χ3n) is 7.29. The van der Waals surface area contributed by atoms with Crippen LogP contribution in [-0.2, 0) is 0 Å². The lowest BCUT2D eigenvalue weighted by Gasteiger charge is -2.24. The van der Waals surface area contributed by atoms with Crippen molar-refractivity contribution in [1.82, 2.24) is 10.2 Å². The predicted molar refractivity (Wildman–Crippen MR) is 155 cm³/mol. The van der Waals surface area contributed by atoms with Gasteiger partial charge in [0.05, 0.1) is 0 Å². The molecule has 1 fully saturated rings. The predicted octanol–water partition coefficient (Wildman–Crippen LogP) is 7.25. The summed E-state index contributed by atoms with van der Waals surface area (Å²) in [5.41, 5.74) is 7.99. The number of amides is 1. The highest BCUT2D eigenvalue weighted by Gasteiger charge is 2.19. The van der Waals surface area contributed by atoms with Gasteiger partial charge in [-0.25, -0.2) is 0 Å². The van der Waals surface area contributed by atoms with Crippen LogP contribution in [0.15, 0.2) is 96.6 Å². The lowest BCUT2D eigenvalue weighted by molar-refractivity contribution is 0.0773.